The molecular weight excluding hydrogens is 248 g/mol. The summed E-state index contributed by atoms with van der Waals surface area (Å²) in [5.74, 6) is -1.10. The van der Waals surface area contributed by atoms with Gasteiger partial charge in [0.25, 0.3) is 0 Å². The Kier molecular flexibility index (Phi) is 2.87. The van der Waals surface area contributed by atoms with Crippen molar-refractivity contribution in [1.82, 2.24) is 10.2 Å². The van der Waals surface area contributed by atoms with E-state index in [1.165, 1.54) is 18.2 Å². The van der Waals surface area contributed by atoms with Crippen LogP contribution in [0, 0.1) is 11.6 Å². The van der Waals surface area contributed by atoms with Crippen LogP contribution in [0.1, 0.15) is 5.56 Å². The molecule has 1 heterocycles. The average molecular weight is 259 g/mol. The van der Waals surface area contributed by atoms with Crippen molar-refractivity contribution in [2.75, 3.05) is 5.32 Å². The zero-order chi connectivity index (χ0) is 13.2. The van der Waals surface area contributed by atoms with Crippen molar-refractivity contribution in [2.24, 2.45) is 0 Å². The molecule has 3 nitrogen and oxygen atoms in total. The van der Waals surface area contributed by atoms with Crippen LogP contribution in [0.2, 0.25) is 0 Å². The molecule has 0 saturated carbocycles. The van der Waals surface area contributed by atoms with E-state index in [-0.39, 0.29) is 12.1 Å². The third kappa shape index (κ3) is 2.14. The van der Waals surface area contributed by atoms with Gasteiger partial charge in [0, 0.05) is 23.2 Å². The normalized spacial score (nSPS) is 10.8. The van der Waals surface area contributed by atoms with Gasteiger partial charge in [-0.3, -0.25) is 5.10 Å². The van der Waals surface area contributed by atoms with Crippen LogP contribution in [0.4, 0.5) is 14.5 Å². The summed E-state index contributed by atoms with van der Waals surface area (Å²) in [6, 6.07) is 9.43. The summed E-state index contributed by atoms with van der Waals surface area (Å²) in [5, 5.41) is 10.7. The van der Waals surface area contributed by atoms with E-state index in [1.807, 2.05) is 18.2 Å². The Balaban J connectivity index is 1.88. The van der Waals surface area contributed by atoms with Gasteiger partial charge in [-0.25, -0.2) is 8.78 Å². The van der Waals surface area contributed by atoms with E-state index in [1.54, 1.807) is 6.20 Å². The smallest absolute Gasteiger partial charge is 0.131 e. The number of halogens is 2. The first-order chi connectivity index (χ1) is 9.25. The van der Waals surface area contributed by atoms with Gasteiger partial charge in [-0.05, 0) is 24.3 Å². The minimum absolute atomic E-state index is 0.0306. The van der Waals surface area contributed by atoms with Crippen LogP contribution in [0.15, 0.2) is 42.6 Å². The third-order valence-electron chi connectivity index (χ3n) is 3.00. The van der Waals surface area contributed by atoms with Crippen LogP contribution in [-0.4, -0.2) is 10.2 Å². The lowest BCUT2D eigenvalue weighted by Crippen LogP contribution is -2.04. The molecule has 2 aromatic carbocycles. The average Bonchev–Trinajstić information content (AvgIpc) is 2.87. The molecule has 0 aliphatic heterocycles. The van der Waals surface area contributed by atoms with Crippen molar-refractivity contribution in [3.63, 3.8) is 0 Å². The zero-order valence-electron chi connectivity index (χ0n) is 9.95. The van der Waals surface area contributed by atoms with Gasteiger partial charge in [-0.1, -0.05) is 12.1 Å². The van der Waals surface area contributed by atoms with Crippen molar-refractivity contribution < 1.29 is 8.78 Å². The van der Waals surface area contributed by atoms with Gasteiger partial charge in [0.15, 0.2) is 0 Å². The molecule has 0 amide bonds. The number of benzene rings is 2. The quantitative estimate of drug-likeness (QED) is 0.756. The summed E-state index contributed by atoms with van der Waals surface area (Å²) >= 11 is 0. The summed E-state index contributed by atoms with van der Waals surface area (Å²) in [6.07, 6.45) is 1.68. The summed E-state index contributed by atoms with van der Waals surface area (Å²) in [4.78, 5) is 0. The van der Waals surface area contributed by atoms with Crippen LogP contribution < -0.4 is 5.32 Å². The van der Waals surface area contributed by atoms with Crippen molar-refractivity contribution in [3.8, 4) is 0 Å². The Morgan fingerprint density at radius 3 is 2.58 bits per heavy atom. The van der Waals surface area contributed by atoms with Gasteiger partial charge in [0.05, 0.1) is 11.7 Å². The Hall–Kier alpha value is -2.43. The van der Waals surface area contributed by atoms with E-state index in [4.69, 9.17) is 0 Å². The highest BCUT2D eigenvalue weighted by molar-refractivity contribution is 5.90. The summed E-state index contributed by atoms with van der Waals surface area (Å²) in [5.41, 5.74) is 1.69. The summed E-state index contributed by atoms with van der Waals surface area (Å²) < 4.78 is 27.0. The van der Waals surface area contributed by atoms with Gasteiger partial charge in [0.1, 0.15) is 11.6 Å². The molecule has 0 fully saturated rings. The minimum atomic E-state index is -0.549. The maximum Gasteiger partial charge on any atom is 0.131 e. The predicted molar refractivity (Wildman–Crippen MR) is 69.8 cm³/mol. The molecule has 19 heavy (non-hydrogen) atoms. The van der Waals surface area contributed by atoms with Crippen molar-refractivity contribution >= 4 is 16.6 Å². The summed E-state index contributed by atoms with van der Waals surface area (Å²) in [7, 11) is 0. The first kappa shape index (κ1) is 11.6. The molecule has 96 valence electrons. The second-order valence-electron chi connectivity index (χ2n) is 4.19. The number of aromatic amines is 1. The highest BCUT2D eigenvalue weighted by Gasteiger charge is 2.09. The molecule has 0 spiro atoms. The van der Waals surface area contributed by atoms with Crippen molar-refractivity contribution in [1.29, 1.82) is 0 Å². The molecule has 0 atom stereocenters. The molecule has 3 aromatic rings. The second-order valence-corrected chi connectivity index (χ2v) is 4.19. The maximum atomic E-state index is 13.5. The van der Waals surface area contributed by atoms with Crippen molar-refractivity contribution in [3.05, 3.63) is 59.8 Å². The molecule has 0 aliphatic rings. The lowest BCUT2D eigenvalue weighted by atomic mass is 10.1. The van der Waals surface area contributed by atoms with Crippen LogP contribution in [-0.2, 0) is 6.54 Å². The number of aromatic nitrogens is 2. The molecule has 5 heteroatoms. The Morgan fingerprint density at radius 2 is 1.79 bits per heavy atom. The monoisotopic (exact) mass is 259 g/mol. The number of hydrogen-bond acceptors (Lipinski definition) is 2. The van der Waals surface area contributed by atoms with E-state index < -0.39 is 11.6 Å². The Labute approximate surface area is 108 Å². The molecule has 0 bridgehead atoms. The molecule has 0 unspecified atom stereocenters. The van der Waals surface area contributed by atoms with Crippen LogP contribution in [0.5, 0.6) is 0 Å². The predicted octanol–water partition coefficient (Wildman–Crippen LogP) is 3.45. The highest BCUT2D eigenvalue weighted by Crippen LogP contribution is 2.22. The summed E-state index contributed by atoms with van der Waals surface area (Å²) in [6.45, 7) is 0.0861. The first-order valence-electron chi connectivity index (χ1n) is 5.84. The van der Waals surface area contributed by atoms with Crippen LogP contribution >= 0.6 is 0 Å². The maximum absolute atomic E-state index is 13.5. The largest absolute Gasteiger partial charge is 0.380 e. The number of fused-ring (bicyclic) bond motifs is 1. The molecule has 0 radical (unpaired) electrons. The SMILES string of the molecule is Fc1cccc(F)c1CNc1cccc2[nH]ncc12. The van der Waals surface area contributed by atoms with E-state index >= 15 is 0 Å². The Morgan fingerprint density at radius 1 is 1.05 bits per heavy atom. The fourth-order valence-electron chi connectivity index (χ4n) is 2.01. The molecule has 0 aliphatic carbocycles. The lowest BCUT2D eigenvalue weighted by Gasteiger charge is -2.09. The zero-order valence-corrected chi connectivity index (χ0v) is 9.95. The van der Waals surface area contributed by atoms with Gasteiger partial charge >= 0.3 is 0 Å². The number of H-pyrrole nitrogens is 1. The molecule has 1 aromatic heterocycles. The molecule has 0 saturated heterocycles. The first-order valence-corrected chi connectivity index (χ1v) is 5.84. The molecule has 3 rings (SSSR count). The minimum Gasteiger partial charge on any atom is -0.380 e. The van der Waals surface area contributed by atoms with E-state index in [0.717, 1.165) is 16.6 Å². The van der Waals surface area contributed by atoms with Crippen LogP contribution in [0.3, 0.4) is 0 Å². The number of rotatable bonds is 3. The third-order valence-corrected chi connectivity index (χ3v) is 3.00. The molecular formula is C14H11F2N3. The van der Waals surface area contributed by atoms with Gasteiger partial charge in [0.2, 0.25) is 0 Å². The van der Waals surface area contributed by atoms with E-state index in [9.17, 15) is 8.78 Å². The number of hydrogen-bond donors (Lipinski definition) is 2. The standard InChI is InChI=1S/C14H11F2N3/c15-11-3-1-4-12(16)9(11)7-17-13-5-2-6-14-10(13)8-18-19-14/h1-6,8,17H,7H2,(H,18,19). The van der Waals surface area contributed by atoms with Crippen molar-refractivity contribution in [2.45, 2.75) is 6.54 Å². The van der Waals surface area contributed by atoms with E-state index in [0.29, 0.717) is 0 Å². The lowest BCUT2D eigenvalue weighted by molar-refractivity contribution is 0.560. The number of nitrogens with zero attached hydrogens (tertiary/aromatic N) is 1. The highest BCUT2D eigenvalue weighted by atomic mass is 19.1. The molecule has 2 N–H and O–H groups in total. The Bertz CT molecular complexity index is 701. The topological polar surface area (TPSA) is 40.7 Å². The fraction of sp³-hybridized carbons (Fsp3) is 0.0714. The van der Waals surface area contributed by atoms with Gasteiger partial charge in [-0.15, -0.1) is 0 Å². The van der Waals surface area contributed by atoms with E-state index in [2.05, 4.69) is 15.5 Å². The fourth-order valence-corrected chi connectivity index (χ4v) is 2.01. The van der Waals surface area contributed by atoms with Gasteiger partial charge in [-0.2, -0.15) is 5.10 Å². The van der Waals surface area contributed by atoms with Gasteiger partial charge < -0.3 is 5.32 Å². The second kappa shape index (κ2) is 4.68. The number of nitrogens with one attached hydrogen (secondary N) is 2. The van der Waals surface area contributed by atoms with Crippen LogP contribution in [0.25, 0.3) is 10.9 Å². The number of anilines is 1.